The minimum absolute atomic E-state index is 0.0387. The van der Waals surface area contributed by atoms with Crippen molar-refractivity contribution in [1.29, 1.82) is 0 Å². The molecule has 1 saturated carbocycles. The van der Waals surface area contributed by atoms with Crippen molar-refractivity contribution in [2.45, 2.75) is 26.2 Å². The van der Waals surface area contributed by atoms with Crippen LogP contribution in [0.3, 0.4) is 0 Å². The van der Waals surface area contributed by atoms with E-state index in [-0.39, 0.29) is 23.6 Å². The molecule has 19 heavy (non-hydrogen) atoms. The third-order valence-corrected chi connectivity index (χ3v) is 3.80. The summed E-state index contributed by atoms with van der Waals surface area (Å²) < 4.78 is 0. The van der Waals surface area contributed by atoms with Crippen LogP contribution in [-0.2, 0) is 9.59 Å². The molecule has 0 radical (unpaired) electrons. The van der Waals surface area contributed by atoms with Crippen molar-refractivity contribution >= 4 is 17.6 Å². The van der Waals surface area contributed by atoms with Crippen LogP contribution in [0.2, 0.25) is 0 Å². The highest BCUT2D eigenvalue weighted by atomic mass is 16.4. The van der Waals surface area contributed by atoms with Crippen molar-refractivity contribution in [2.75, 3.05) is 20.6 Å². The fourth-order valence-corrected chi connectivity index (χ4v) is 2.39. The van der Waals surface area contributed by atoms with Crippen LogP contribution in [-0.4, -0.2) is 48.4 Å². The highest BCUT2D eigenvalue weighted by Gasteiger charge is 2.49. The lowest BCUT2D eigenvalue weighted by Gasteiger charge is -2.41. The molecular weight excluding hydrogens is 248 g/mol. The zero-order valence-electron chi connectivity index (χ0n) is 11.6. The van der Waals surface area contributed by atoms with Crippen molar-refractivity contribution in [3.63, 3.8) is 0 Å². The Kier molecular flexibility index (Phi) is 4.74. The molecule has 1 rings (SSSR count). The Hall–Kier alpha value is -1.79. The van der Waals surface area contributed by atoms with Gasteiger partial charge in [-0.1, -0.05) is 18.5 Å². The van der Waals surface area contributed by atoms with Crippen molar-refractivity contribution in [3.05, 3.63) is 0 Å². The zero-order valence-corrected chi connectivity index (χ0v) is 11.6. The van der Waals surface area contributed by atoms with E-state index in [1.807, 2.05) is 0 Å². The van der Waals surface area contributed by atoms with Crippen LogP contribution in [0.5, 0.6) is 0 Å². The molecular formula is C12H22N4O3. The van der Waals surface area contributed by atoms with Gasteiger partial charge in [-0.3, -0.25) is 9.59 Å². The molecule has 7 nitrogen and oxygen atoms in total. The van der Waals surface area contributed by atoms with Gasteiger partial charge in [0.2, 0.25) is 11.8 Å². The number of carbonyl (C=O) groups is 2. The number of nitrogens with one attached hydrogen (secondary N) is 1. The molecule has 0 saturated heterocycles. The van der Waals surface area contributed by atoms with Crippen LogP contribution in [0, 0.1) is 11.3 Å². The average molecular weight is 270 g/mol. The van der Waals surface area contributed by atoms with Gasteiger partial charge in [-0.15, -0.1) is 0 Å². The quantitative estimate of drug-likeness (QED) is 0.277. The molecule has 1 fully saturated rings. The second-order valence-electron chi connectivity index (χ2n) is 5.12. The Labute approximate surface area is 112 Å². The van der Waals surface area contributed by atoms with Gasteiger partial charge in [-0.25, -0.2) is 0 Å². The van der Waals surface area contributed by atoms with Gasteiger partial charge in [0.05, 0.1) is 5.92 Å². The summed E-state index contributed by atoms with van der Waals surface area (Å²) in [5.41, 5.74) is 4.76. The fourth-order valence-electron chi connectivity index (χ4n) is 2.39. The highest BCUT2D eigenvalue weighted by molar-refractivity contribution is 6.07. The molecule has 1 unspecified atom stereocenters. The summed E-state index contributed by atoms with van der Waals surface area (Å²) in [7, 11) is 3.19. The number of nitrogens with two attached hydrogens (primary N) is 1. The second-order valence-corrected chi connectivity index (χ2v) is 5.12. The normalized spacial score (nSPS) is 19.2. The maximum atomic E-state index is 12.4. The monoisotopic (exact) mass is 270 g/mol. The molecule has 2 amide bonds. The number of rotatable bonds is 5. The van der Waals surface area contributed by atoms with Crippen LogP contribution < -0.4 is 11.1 Å². The summed E-state index contributed by atoms with van der Waals surface area (Å²) in [6.45, 7) is 2.05. The molecule has 108 valence electrons. The van der Waals surface area contributed by atoms with Crippen LogP contribution in [0.1, 0.15) is 26.2 Å². The molecule has 4 N–H and O–H groups in total. The van der Waals surface area contributed by atoms with Gasteiger partial charge in [0.1, 0.15) is 5.41 Å². The number of oxime groups is 1. The Balaban J connectivity index is 2.74. The summed E-state index contributed by atoms with van der Waals surface area (Å²) >= 11 is 0. The first-order valence-corrected chi connectivity index (χ1v) is 6.34. The predicted molar refractivity (Wildman–Crippen MR) is 70.6 cm³/mol. The number of nitrogens with zero attached hydrogens (tertiary/aromatic N) is 2. The second kappa shape index (κ2) is 5.90. The molecule has 0 aliphatic heterocycles. The molecule has 1 atom stereocenters. The Bertz CT molecular complexity index is 390. The Morgan fingerprint density at radius 1 is 1.53 bits per heavy atom. The lowest BCUT2D eigenvalue weighted by atomic mass is 9.67. The smallest absolute Gasteiger partial charge is 0.236 e. The first-order valence-electron chi connectivity index (χ1n) is 6.34. The Morgan fingerprint density at radius 2 is 2.11 bits per heavy atom. The minimum Gasteiger partial charge on any atom is -0.409 e. The van der Waals surface area contributed by atoms with Crippen LogP contribution in [0.4, 0.5) is 0 Å². The summed E-state index contributed by atoms with van der Waals surface area (Å²) in [5, 5.41) is 14.3. The summed E-state index contributed by atoms with van der Waals surface area (Å²) in [6.07, 6.45) is 2.04. The van der Waals surface area contributed by atoms with Gasteiger partial charge in [0, 0.05) is 20.6 Å². The van der Waals surface area contributed by atoms with Crippen molar-refractivity contribution < 1.29 is 14.8 Å². The molecule has 0 aromatic rings. The molecule has 0 spiro atoms. The van der Waals surface area contributed by atoms with Crippen molar-refractivity contribution in [3.8, 4) is 0 Å². The van der Waals surface area contributed by atoms with E-state index in [9.17, 15) is 9.59 Å². The average Bonchev–Trinajstić information content (AvgIpc) is 2.35. The van der Waals surface area contributed by atoms with E-state index < -0.39 is 5.41 Å². The van der Waals surface area contributed by atoms with E-state index in [0.29, 0.717) is 19.4 Å². The van der Waals surface area contributed by atoms with Gasteiger partial charge in [-0.05, 0) is 12.8 Å². The lowest BCUT2D eigenvalue weighted by Crippen LogP contribution is -2.55. The minimum atomic E-state index is -0.883. The third-order valence-electron chi connectivity index (χ3n) is 3.80. The van der Waals surface area contributed by atoms with Gasteiger partial charge >= 0.3 is 0 Å². The highest BCUT2D eigenvalue weighted by Crippen LogP contribution is 2.42. The fraction of sp³-hybridized carbons (Fsp3) is 0.750. The molecule has 0 aromatic heterocycles. The molecule has 0 bridgehead atoms. The van der Waals surface area contributed by atoms with Gasteiger partial charge in [-0.2, -0.15) is 0 Å². The maximum absolute atomic E-state index is 12.4. The van der Waals surface area contributed by atoms with Gasteiger partial charge < -0.3 is 21.2 Å². The number of amides is 2. The van der Waals surface area contributed by atoms with Gasteiger partial charge in [0.15, 0.2) is 5.84 Å². The molecule has 1 aliphatic rings. The number of carbonyl (C=O) groups excluding carboxylic acids is 2. The Morgan fingerprint density at radius 3 is 2.47 bits per heavy atom. The van der Waals surface area contributed by atoms with E-state index in [1.54, 1.807) is 21.0 Å². The van der Waals surface area contributed by atoms with Crippen LogP contribution >= 0.6 is 0 Å². The van der Waals surface area contributed by atoms with E-state index in [2.05, 4.69) is 10.5 Å². The lowest BCUT2D eigenvalue weighted by molar-refractivity contribution is -0.142. The number of hydrogen-bond donors (Lipinski definition) is 3. The first kappa shape index (κ1) is 15.3. The van der Waals surface area contributed by atoms with Crippen LogP contribution in [0.15, 0.2) is 5.16 Å². The summed E-state index contributed by atoms with van der Waals surface area (Å²) in [5.74, 6) is -0.650. The van der Waals surface area contributed by atoms with Crippen molar-refractivity contribution in [1.82, 2.24) is 10.2 Å². The number of hydrogen-bond acceptors (Lipinski definition) is 4. The van der Waals surface area contributed by atoms with Gasteiger partial charge in [0.25, 0.3) is 0 Å². The third kappa shape index (κ3) is 2.80. The number of amidine groups is 1. The van der Waals surface area contributed by atoms with E-state index in [4.69, 9.17) is 10.9 Å². The predicted octanol–water partition coefficient (Wildman–Crippen LogP) is -0.256. The van der Waals surface area contributed by atoms with Crippen LogP contribution in [0.25, 0.3) is 0 Å². The van der Waals surface area contributed by atoms with Crippen molar-refractivity contribution in [2.24, 2.45) is 22.2 Å². The first-order chi connectivity index (χ1) is 8.89. The topological polar surface area (TPSA) is 108 Å². The molecule has 0 aromatic carbocycles. The summed E-state index contributed by atoms with van der Waals surface area (Å²) in [4.78, 5) is 25.4. The summed E-state index contributed by atoms with van der Waals surface area (Å²) in [6, 6.07) is 0. The van der Waals surface area contributed by atoms with E-state index >= 15 is 0 Å². The largest absolute Gasteiger partial charge is 0.409 e. The molecule has 7 heteroatoms. The standard InChI is InChI=1S/C12H22N4O3/c1-8(9(17)14-2)7-16(3)11(18)12(5-4-6-12)10(13)15-19/h8,19H,4-7H2,1-3H3,(H2,13,15)(H,14,17). The molecule has 1 aliphatic carbocycles. The maximum Gasteiger partial charge on any atom is 0.236 e. The molecule has 0 heterocycles. The van der Waals surface area contributed by atoms with E-state index in [0.717, 1.165) is 6.42 Å². The SMILES string of the molecule is CNC(=O)C(C)CN(C)C(=O)C1(C(N)=NO)CCC1. The zero-order chi connectivity index (χ0) is 14.6. The van der Waals surface area contributed by atoms with E-state index in [1.165, 1.54) is 4.90 Å².